The Morgan fingerprint density at radius 1 is 1.26 bits per heavy atom. The van der Waals surface area contributed by atoms with E-state index in [1.807, 2.05) is 51.1 Å². The Balaban J connectivity index is 1.72. The summed E-state index contributed by atoms with van der Waals surface area (Å²) in [5.74, 6) is -0.628. The molecule has 0 spiro atoms. The van der Waals surface area contributed by atoms with Crippen LogP contribution in [0.1, 0.15) is 42.0 Å². The minimum absolute atomic E-state index is 0.185. The number of esters is 1. The number of nitrogens with zero attached hydrogens (tertiary/aromatic N) is 2. The monoisotopic (exact) mass is 386 g/mol. The van der Waals surface area contributed by atoms with Crippen molar-refractivity contribution in [2.24, 2.45) is 0 Å². The predicted octanol–water partition coefficient (Wildman–Crippen LogP) is 4.20. The molecule has 0 saturated heterocycles. The van der Waals surface area contributed by atoms with Gasteiger partial charge in [0, 0.05) is 34.6 Å². The third kappa shape index (κ3) is 4.05. The molecule has 1 aliphatic rings. The van der Waals surface area contributed by atoms with Gasteiger partial charge in [-0.1, -0.05) is 19.1 Å². The van der Waals surface area contributed by atoms with Crippen LogP contribution >= 0.6 is 11.8 Å². The summed E-state index contributed by atoms with van der Waals surface area (Å²) in [6, 6.07) is 9.73. The number of para-hydroxylation sites is 1. The van der Waals surface area contributed by atoms with Crippen molar-refractivity contribution in [1.82, 2.24) is 4.57 Å². The first kappa shape index (κ1) is 19.5. The lowest BCUT2D eigenvalue weighted by Crippen LogP contribution is -2.35. The standard InChI is InChI=1S/C21H26N2O3S/c1-5-22-14(2)12-17(16(22)4)21(25)26-13-20(24)23-11-10-15(3)27-19-9-7-6-8-18(19)23/h6-9,12,15H,5,10-11,13H2,1-4H3/t15-/m0/s1. The maximum Gasteiger partial charge on any atom is 0.340 e. The van der Waals surface area contributed by atoms with Crippen LogP contribution in [0.15, 0.2) is 35.2 Å². The van der Waals surface area contributed by atoms with Crippen LogP contribution in [0.4, 0.5) is 5.69 Å². The van der Waals surface area contributed by atoms with Crippen LogP contribution in [0, 0.1) is 13.8 Å². The van der Waals surface area contributed by atoms with Crippen molar-refractivity contribution in [2.45, 2.75) is 50.8 Å². The van der Waals surface area contributed by atoms with Crippen molar-refractivity contribution < 1.29 is 14.3 Å². The van der Waals surface area contributed by atoms with E-state index in [4.69, 9.17) is 4.74 Å². The molecule has 0 radical (unpaired) electrons. The van der Waals surface area contributed by atoms with Gasteiger partial charge in [-0.15, -0.1) is 11.8 Å². The van der Waals surface area contributed by atoms with Crippen molar-refractivity contribution in [3.8, 4) is 0 Å². The average molecular weight is 387 g/mol. The summed E-state index contributed by atoms with van der Waals surface area (Å²) in [6.07, 6.45) is 0.899. The molecule has 6 heteroatoms. The molecule has 0 aliphatic carbocycles. The summed E-state index contributed by atoms with van der Waals surface area (Å²) < 4.78 is 7.43. The third-order valence-electron chi connectivity index (χ3n) is 4.98. The van der Waals surface area contributed by atoms with Gasteiger partial charge in [0.25, 0.3) is 5.91 Å². The van der Waals surface area contributed by atoms with Gasteiger partial charge < -0.3 is 14.2 Å². The first-order valence-electron chi connectivity index (χ1n) is 9.32. The highest BCUT2D eigenvalue weighted by Crippen LogP contribution is 2.37. The summed E-state index contributed by atoms with van der Waals surface area (Å²) in [4.78, 5) is 28.1. The van der Waals surface area contributed by atoms with Crippen LogP contribution in [0.25, 0.3) is 0 Å². The Kier molecular flexibility index (Phi) is 5.95. The Bertz CT molecular complexity index is 859. The number of ether oxygens (including phenoxy) is 1. The molecule has 1 atom stereocenters. The van der Waals surface area contributed by atoms with E-state index in [0.29, 0.717) is 17.4 Å². The zero-order valence-electron chi connectivity index (χ0n) is 16.3. The molecular formula is C21H26N2O3S. The number of anilines is 1. The number of carbonyl (C=O) groups is 2. The predicted molar refractivity (Wildman–Crippen MR) is 109 cm³/mol. The lowest BCUT2D eigenvalue weighted by Gasteiger charge is -2.22. The van der Waals surface area contributed by atoms with Gasteiger partial charge in [0.05, 0.1) is 11.3 Å². The minimum atomic E-state index is -0.443. The van der Waals surface area contributed by atoms with Crippen LogP contribution < -0.4 is 4.90 Å². The first-order chi connectivity index (χ1) is 12.9. The molecule has 0 N–H and O–H groups in total. The molecule has 1 aromatic heterocycles. The number of rotatable bonds is 4. The molecule has 3 rings (SSSR count). The number of amides is 1. The van der Waals surface area contributed by atoms with E-state index in [9.17, 15) is 9.59 Å². The van der Waals surface area contributed by atoms with E-state index in [1.54, 1.807) is 16.7 Å². The van der Waals surface area contributed by atoms with E-state index < -0.39 is 5.97 Å². The van der Waals surface area contributed by atoms with E-state index in [0.717, 1.165) is 34.9 Å². The topological polar surface area (TPSA) is 51.5 Å². The molecule has 1 aromatic carbocycles. The van der Waals surface area contributed by atoms with Crippen LogP contribution in [-0.2, 0) is 16.1 Å². The fourth-order valence-corrected chi connectivity index (χ4v) is 4.64. The second-order valence-electron chi connectivity index (χ2n) is 6.84. The summed E-state index contributed by atoms with van der Waals surface area (Å²) >= 11 is 1.78. The van der Waals surface area contributed by atoms with Gasteiger partial charge in [-0.25, -0.2) is 4.79 Å². The summed E-state index contributed by atoms with van der Waals surface area (Å²) in [5, 5.41) is 0.436. The van der Waals surface area contributed by atoms with E-state index in [2.05, 4.69) is 11.5 Å². The Morgan fingerprint density at radius 3 is 2.70 bits per heavy atom. The number of fused-ring (bicyclic) bond motifs is 1. The van der Waals surface area contributed by atoms with Crippen LogP contribution in [0.5, 0.6) is 0 Å². The molecule has 0 bridgehead atoms. The molecule has 0 unspecified atom stereocenters. The molecule has 5 nitrogen and oxygen atoms in total. The summed E-state index contributed by atoms with van der Waals surface area (Å²) in [5.41, 5.74) is 3.32. The largest absolute Gasteiger partial charge is 0.452 e. The van der Waals surface area contributed by atoms with Crippen molar-refractivity contribution in [2.75, 3.05) is 18.1 Å². The Hall–Kier alpha value is -2.21. The molecule has 1 amide bonds. The molecule has 144 valence electrons. The Morgan fingerprint density at radius 2 is 2.00 bits per heavy atom. The van der Waals surface area contributed by atoms with Gasteiger partial charge in [0.1, 0.15) is 0 Å². The lowest BCUT2D eigenvalue weighted by atomic mass is 10.2. The zero-order chi connectivity index (χ0) is 19.6. The first-order valence-corrected chi connectivity index (χ1v) is 10.2. The highest BCUT2D eigenvalue weighted by atomic mass is 32.2. The van der Waals surface area contributed by atoms with Gasteiger partial charge in [-0.05, 0) is 45.4 Å². The maximum atomic E-state index is 12.8. The summed E-state index contributed by atoms with van der Waals surface area (Å²) in [7, 11) is 0. The number of hydrogen-bond donors (Lipinski definition) is 0. The molecule has 0 fully saturated rings. The van der Waals surface area contributed by atoms with Gasteiger partial charge in [-0.2, -0.15) is 0 Å². The van der Waals surface area contributed by atoms with Crippen molar-refractivity contribution in [3.63, 3.8) is 0 Å². The van der Waals surface area contributed by atoms with Gasteiger partial charge in [0.15, 0.2) is 6.61 Å². The van der Waals surface area contributed by atoms with Crippen molar-refractivity contribution in [3.05, 3.63) is 47.3 Å². The number of aryl methyl sites for hydroxylation is 1. The third-order valence-corrected chi connectivity index (χ3v) is 6.22. The smallest absolute Gasteiger partial charge is 0.340 e. The molecular weight excluding hydrogens is 360 g/mol. The number of aromatic nitrogens is 1. The number of thioether (sulfide) groups is 1. The van der Waals surface area contributed by atoms with E-state index in [1.165, 1.54) is 0 Å². The van der Waals surface area contributed by atoms with Gasteiger partial charge in [0.2, 0.25) is 0 Å². The van der Waals surface area contributed by atoms with Crippen LogP contribution in [-0.4, -0.2) is 34.8 Å². The second kappa shape index (κ2) is 8.21. The molecule has 1 aliphatic heterocycles. The normalized spacial score (nSPS) is 16.6. The molecule has 2 heterocycles. The zero-order valence-corrected chi connectivity index (χ0v) is 17.1. The number of carbonyl (C=O) groups excluding carboxylic acids is 2. The second-order valence-corrected chi connectivity index (χ2v) is 8.32. The fraction of sp³-hybridized carbons (Fsp3) is 0.429. The van der Waals surface area contributed by atoms with Crippen molar-refractivity contribution >= 4 is 29.3 Å². The number of benzene rings is 1. The van der Waals surface area contributed by atoms with Gasteiger partial charge >= 0.3 is 5.97 Å². The van der Waals surface area contributed by atoms with E-state index in [-0.39, 0.29) is 12.5 Å². The maximum absolute atomic E-state index is 12.8. The van der Waals surface area contributed by atoms with Crippen molar-refractivity contribution in [1.29, 1.82) is 0 Å². The van der Waals surface area contributed by atoms with Crippen LogP contribution in [0.2, 0.25) is 0 Å². The molecule has 0 saturated carbocycles. The summed E-state index contributed by atoms with van der Waals surface area (Å²) in [6.45, 7) is 9.25. The quantitative estimate of drug-likeness (QED) is 0.739. The van der Waals surface area contributed by atoms with E-state index >= 15 is 0 Å². The fourth-order valence-electron chi connectivity index (χ4n) is 3.52. The minimum Gasteiger partial charge on any atom is -0.452 e. The highest BCUT2D eigenvalue weighted by molar-refractivity contribution is 8.00. The average Bonchev–Trinajstić information content (AvgIpc) is 2.83. The Labute approximate surface area is 164 Å². The number of hydrogen-bond acceptors (Lipinski definition) is 4. The lowest BCUT2D eigenvalue weighted by molar-refractivity contribution is -0.121. The highest BCUT2D eigenvalue weighted by Gasteiger charge is 2.25. The molecule has 2 aromatic rings. The molecule has 27 heavy (non-hydrogen) atoms. The SMILES string of the molecule is CCn1c(C)cc(C(=O)OCC(=O)N2CC[C@H](C)Sc3ccccc32)c1C. The van der Waals surface area contributed by atoms with Crippen LogP contribution in [0.3, 0.4) is 0 Å². The van der Waals surface area contributed by atoms with Gasteiger partial charge in [-0.3, -0.25) is 4.79 Å².